The zero-order chi connectivity index (χ0) is 27.6. The van der Waals surface area contributed by atoms with E-state index >= 15 is 0 Å². The van der Waals surface area contributed by atoms with E-state index in [1.54, 1.807) is 12.3 Å². The summed E-state index contributed by atoms with van der Waals surface area (Å²) in [6, 6.07) is 13.6. The van der Waals surface area contributed by atoms with Crippen molar-refractivity contribution in [1.29, 1.82) is 0 Å². The fraction of sp³-hybridized carbons (Fsp3) is 0.433. The molecular weight excluding hydrogens is 496 g/mol. The number of benzene rings is 2. The van der Waals surface area contributed by atoms with Crippen LogP contribution in [0.3, 0.4) is 0 Å². The number of carboxylic acids is 1. The van der Waals surface area contributed by atoms with Crippen LogP contribution in [0.1, 0.15) is 55.4 Å². The lowest BCUT2D eigenvalue weighted by Crippen LogP contribution is -2.37. The summed E-state index contributed by atoms with van der Waals surface area (Å²) in [6.07, 6.45) is 6.38. The zero-order valence-electron chi connectivity index (χ0n) is 22.8. The van der Waals surface area contributed by atoms with Crippen molar-refractivity contribution in [1.82, 2.24) is 20.0 Å². The molecule has 0 spiro atoms. The summed E-state index contributed by atoms with van der Waals surface area (Å²) in [7, 11) is 0. The molecule has 4 rings (SSSR count). The van der Waals surface area contributed by atoms with Crippen molar-refractivity contribution >= 4 is 11.9 Å². The van der Waals surface area contributed by atoms with Gasteiger partial charge in [-0.25, -0.2) is 0 Å². The molecule has 0 radical (unpaired) electrons. The molecule has 9 nitrogen and oxygen atoms in total. The normalized spacial score (nSPS) is 15.3. The first-order chi connectivity index (χ1) is 18.9. The third-order valence-corrected chi connectivity index (χ3v) is 6.43. The van der Waals surface area contributed by atoms with Crippen LogP contribution in [-0.4, -0.2) is 57.5 Å². The Morgan fingerprint density at radius 3 is 2.72 bits per heavy atom. The van der Waals surface area contributed by atoms with Gasteiger partial charge < -0.3 is 19.9 Å². The van der Waals surface area contributed by atoms with Crippen molar-refractivity contribution in [2.24, 2.45) is 0 Å². The molecule has 0 saturated heterocycles. The summed E-state index contributed by atoms with van der Waals surface area (Å²) in [6.45, 7) is 6.95. The number of nitrogens with zero attached hydrogens (tertiary/aromatic N) is 3. The van der Waals surface area contributed by atoms with Gasteiger partial charge >= 0.3 is 5.97 Å². The van der Waals surface area contributed by atoms with E-state index in [9.17, 15) is 14.7 Å². The third-order valence-electron chi connectivity index (χ3n) is 6.43. The third kappa shape index (κ3) is 8.85. The van der Waals surface area contributed by atoms with Gasteiger partial charge in [0.05, 0.1) is 32.2 Å². The summed E-state index contributed by atoms with van der Waals surface area (Å²) in [4.78, 5) is 26.3. The SMILES string of the molecule is CC(C)Oc1ccc(CN2CC(=O)NCCCCCOc3ccc(CC(=O)O)cc3C2)cc1Cn1cccn1. The first-order valence-electron chi connectivity index (χ1n) is 13.6. The molecule has 1 amide bonds. The number of hydrogen-bond donors (Lipinski definition) is 2. The largest absolute Gasteiger partial charge is 0.493 e. The van der Waals surface area contributed by atoms with Gasteiger partial charge in [0.25, 0.3) is 0 Å². The molecule has 0 saturated carbocycles. The molecule has 39 heavy (non-hydrogen) atoms. The molecule has 1 aliphatic heterocycles. The molecule has 2 N–H and O–H groups in total. The fourth-order valence-corrected chi connectivity index (χ4v) is 4.71. The second-order valence-electron chi connectivity index (χ2n) is 10.2. The van der Waals surface area contributed by atoms with Crippen LogP contribution in [-0.2, 0) is 35.6 Å². The highest BCUT2D eigenvalue weighted by Gasteiger charge is 2.18. The maximum atomic E-state index is 12.9. The van der Waals surface area contributed by atoms with E-state index < -0.39 is 5.97 Å². The molecule has 1 aliphatic rings. The highest BCUT2D eigenvalue weighted by atomic mass is 16.5. The second kappa shape index (κ2) is 13.8. The Hall–Kier alpha value is -3.85. The van der Waals surface area contributed by atoms with Gasteiger partial charge in [-0.2, -0.15) is 5.10 Å². The topological polar surface area (TPSA) is 106 Å². The van der Waals surface area contributed by atoms with E-state index in [1.807, 2.05) is 55.1 Å². The standard InChI is InChI=1S/C30H38N4O5/c1-22(2)39-28-10-8-24(16-26(28)20-34-13-6-12-32-34)18-33-19-25-15-23(17-30(36)37)7-9-27(25)38-14-5-3-4-11-31-29(35)21-33/h6-10,12-13,15-16,22H,3-5,11,14,17-21H2,1-2H3,(H,31,35)(H,36,37). The van der Waals surface area contributed by atoms with Gasteiger partial charge in [0.2, 0.25) is 5.91 Å². The molecule has 208 valence electrons. The van der Waals surface area contributed by atoms with E-state index in [-0.39, 0.29) is 25.0 Å². The highest BCUT2D eigenvalue weighted by Crippen LogP contribution is 2.26. The number of carbonyl (C=O) groups is 2. The number of aromatic nitrogens is 2. The number of nitrogens with one attached hydrogen (secondary N) is 1. The molecule has 1 aromatic heterocycles. The number of carbonyl (C=O) groups excluding carboxylic acids is 1. The van der Waals surface area contributed by atoms with Crippen LogP contribution in [0, 0.1) is 0 Å². The molecule has 9 heteroatoms. The number of rotatable bonds is 8. The molecule has 0 bridgehead atoms. The summed E-state index contributed by atoms with van der Waals surface area (Å²) in [5.74, 6) is 0.623. The first-order valence-corrected chi connectivity index (χ1v) is 13.6. The van der Waals surface area contributed by atoms with Crippen molar-refractivity contribution in [3.63, 3.8) is 0 Å². The van der Waals surface area contributed by atoms with Crippen LogP contribution in [0.15, 0.2) is 54.9 Å². The molecule has 2 heterocycles. The van der Waals surface area contributed by atoms with Crippen LogP contribution < -0.4 is 14.8 Å². The summed E-state index contributed by atoms with van der Waals surface area (Å²) in [5, 5.41) is 16.7. The molecule has 0 aliphatic carbocycles. The van der Waals surface area contributed by atoms with Gasteiger partial charge in [-0.1, -0.05) is 18.2 Å². The van der Waals surface area contributed by atoms with Crippen molar-refractivity contribution in [3.8, 4) is 11.5 Å². The number of ether oxygens (including phenoxy) is 2. The Morgan fingerprint density at radius 2 is 1.95 bits per heavy atom. The number of fused-ring (bicyclic) bond motifs is 1. The van der Waals surface area contributed by atoms with Crippen LogP contribution in [0.4, 0.5) is 0 Å². The monoisotopic (exact) mass is 534 g/mol. The predicted molar refractivity (Wildman–Crippen MR) is 148 cm³/mol. The number of amides is 1. The van der Waals surface area contributed by atoms with Gasteiger partial charge in [0.1, 0.15) is 11.5 Å². The molecule has 3 aromatic rings. The van der Waals surface area contributed by atoms with Crippen LogP contribution in [0.2, 0.25) is 0 Å². The minimum Gasteiger partial charge on any atom is -0.493 e. The number of carboxylic acid groups (broad SMARTS) is 1. The van der Waals surface area contributed by atoms with E-state index in [2.05, 4.69) is 21.4 Å². The van der Waals surface area contributed by atoms with E-state index in [0.29, 0.717) is 38.3 Å². The summed E-state index contributed by atoms with van der Waals surface area (Å²) in [5.41, 5.74) is 3.62. The summed E-state index contributed by atoms with van der Waals surface area (Å²) >= 11 is 0. The molecule has 0 atom stereocenters. The predicted octanol–water partition coefficient (Wildman–Crippen LogP) is 4.03. The van der Waals surface area contributed by atoms with Crippen LogP contribution in [0.5, 0.6) is 11.5 Å². The van der Waals surface area contributed by atoms with Crippen molar-refractivity contribution in [2.45, 2.75) is 65.3 Å². The van der Waals surface area contributed by atoms with Gasteiger partial charge in [0.15, 0.2) is 0 Å². The van der Waals surface area contributed by atoms with Gasteiger partial charge in [-0.15, -0.1) is 0 Å². The Kier molecular flexibility index (Phi) is 9.97. The maximum absolute atomic E-state index is 12.9. The van der Waals surface area contributed by atoms with E-state index in [4.69, 9.17) is 9.47 Å². The minimum atomic E-state index is -0.884. The average Bonchev–Trinajstić information content (AvgIpc) is 3.38. The molecule has 0 fully saturated rings. The van der Waals surface area contributed by atoms with Crippen LogP contribution in [0.25, 0.3) is 0 Å². The molecule has 2 aromatic carbocycles. The number of hydrogen-bond acceptors (Lipinski definition) is 6. The zero-order valence-corrected chi connectivity index (χ0v) is 22.8. The number of aliphatic carboxylic acids is 1. The molecule has 0 unspecified atom stereocenters. The smallest absolute Gasteiger partial charge is 0.307 e. The Labute approximate surface area is 229 Å². The maximum Gasteiger partial charge on any atom is 0.307 e. The van der Waals surface area contributed by atoms with E-state index in [0.717, 1.165) is 47.5 Å². The van der Waals surface area contributed by atoms with Crippen molar-refractivity contribution < 1.29 is 24.2 Å². The van der Waals surface area contributed by atoms with Gasteiger partial charge in [-0.05, 0) is 68.5 Å². The lowest BCUT2D eigenvalue weighted by Gasteiger charge is -2.24. The fourth-order valence-electron chi connectivity index (χ4n) is 4.71. The first kappa shape index (κ1) is 28.2. The second-order valence-corrected chi connectivity index (χ2v) is 10.2. The summed E-state index contributed by atoms with van der Waals surface area (Å²) < 4.78 is 14.0. The highest BCUT2D eigenvalue weighted by molar-refractivity contribution is 5.78. The molecular formula is C30H38N4O5. The van der Waals surface area contributed by atoms with Crippen molar-refractivity contribution in [3.05, 3.63) is 77.1 Å². The Morgan fingerprint density at radius 1 is 1.10 bits per heavy atom. The lowest BCUT2D eigenvalue weighted by atomic mass is 10.1. The lowest BCUT2D eigenvalue weighted by molar-refractivity contribution is -0.136. The minimum absolute atomic E-state index is 0.0325. The Balaban J connectivity index is 1.63. The van der Waals surface area contributed by atoms with Crippen LogP contribution >= 0.6 is 0 Å². The van der Waals surface area contributed by atoms with Gasteiger partial charge in [-0.3, -0.25) is 19.2 Å². The quantitative estimate of drug-likeness (QED) is 0.450. The Bertz CT molecular complexity index is 1240. The van der Waals surface area contributed by atoms with Crippen molar-refractivity contribution in [2.75, 3.05) is 19.7 Å². The van der Waals surface area contributed by atoms with E-state index in [1.165, 1.54) is 0 Å². The average molecular weight is 535 g/mol. The van der Waals surface area contributed by atoms with Gasteiger partial charge in [0, 0.05) is 43.2 Å².